The number of amides is 1. The Bertz CT molecular complexity index is 985. The number of hydrogen-bond donors (Lipinski definition) is 1. The lowest BCUT2D eigenvalue weighted by Crippen LogP contribution is -2.30. The van der Waals surface area contributed by atoms with Crippen LogP contribution in [-0.4, -0.2) is 30.0 Å². The predicted molar refractivity (Wildman–Crippen MR) is 107 cm³/mol. The first-order chi connectivity index (χ1) is 14.1. The van der Waals surface area contributed by atoms with Crippen molar-refractivity contribution in [1.29, 1.82) is 0 Å². The van der Waals surface area contributed by atoms with Crippen molar-refractivity contribution in [3.8, 4) is 17.1 Å². The number of nitrogens with zero attached hydrogens (tertiary/aromatic N) is 1. The van der Waals surface area contributed by atoms with Gasteiger partial charge in [0.1, 0.15) is 12.3 Å². The van der Waals surface area contributed by atoms with Crippen molar-refractivity contribution in [2.24, 2.45) is 0 Å². The second-order valence-electron chi connectivity index (χ2n) is 5.90. The molecule has 3 aromatic rings. The van der Waals surface area contributed by atoms with Crippen LogP contribution in [0.25, 0.3) is 11.3 Å². The van der Waals surface area contributed by atoms with E-state index >= 15 is 0 Å². The van der Waals surface area contributed by atoms with Gasteiger partial charge in [-0.25, -0.2) is 4.98 Å². The van der Waals surface area contributed by atoms with Gasteiger partial charge < -0.3 is 19.2 Å². The molecule has 0 aliphatic heterocycles. The number of rotatable bonds is 8. The van der Waals surface area contributed by atoms with Crippen LogP contribution in [-0.2, 0) is 16.1 Å². The normalized spacial score (nSPS) is 10.4. The Balaban J connectivity index is 1.49. The average Bonchev–Trinajstić information content (AvgIpc) is 3.21. The van der Waals surface area contributed by atoms with Gasteiger partial charge in [-0.3, -0.25) is 9.59 Å². The Hall–Kier alpha value is -3.32. The Morgan fingerprint density at radius 1 is 1.14 bits per heavy atom. The summed E-state index contributed by atoms with van der Waals surface area (Å²) in [4.78, 5) is 28.3. The quantitative estimate of drug-likeness (QED) is 0.563. The van der Waals surface area contributed by atoms with Gasteiger partial charge in [0.15, 0.2) is 12.4 Å². The summed E-state index contributed by atoms with van der Waals surface area (Å²) < 4.78 is 16.1. The molecular weight excluding hydrogens is 396 g/mol. The third-order valence-corrected chi connectivity index (χ3v) is 4.12. The summed E-state index contributed by atoms with van der Waals surface area (Å²) in [7, 11) is 0. The molecule has 150 valence electrons. The molecule has 2 aromatic carbocycles. The standard InChI is InChI=1S/C21H19ClN2O5/c1-2-27-17-6-4-3-5-16(17)21(26)24-12-20(25)28-13-19-23-11-18(29-19)14-7-9-15(22)10-8-14/h3-11H,2,12-13H2,1H3,(H,24,26). The SMILES string of the molecule is CCOc1ccccc1C(=O)NCC(=O)OCc1ncc(-c2ccc(Cl)cc2)o1. The Kier molecular flexibility index (Phi) is 6.86. The fourth-order valence-electron chi connectivity index (χ4n) is 2.50. The van der Waals surface area contributed by atoms with Crippen LogP contribution < -0.4 is 10.1 Å². The number of carbonyl (C=O) groups excluding carboxylic acids is 2. The van der Waals surface area contributed by atoms with E-state index in [-0.39, 0.29) is 19.0 Å². The summed E-state index contributed by atoms with van der Waals surface area (Å²) in [6, 6.07) is 13.9. The van der Waals surface area contributed by atoms with Crippen molar-refractivity contribution < 1.29 is 23.5 Å². The lowest BCUT2D eigenvalue weighted by Gasteiger charge is -2.10. The number of carbonyl (C=O) groups is 2. The summed E-state index contributed by atoms with van der Waals surface area (Å²) in [6.07, 6.45) is 1.54. The van der Waals surface area contributed by atoms with E-state index in [0.29, 0.717) is 28.7 Å². The first kappa shape index (κ1) is 20.4. The van der Waals surface area contributed by atoms with Crippen molar-refractivity contribution in [3.63, 3.8) is 0 Å². The maximum atomic E-state index is 12.3. The Labute approximate surface area is 172 Å². The highest BCUT2D eigenvalue weighted by atomic mass is 35.5. The van der Waals surface area contributed by atoms with Crippen molar-refractivity contribution >= 4 is 23.5 Å². The van der Waals surface area contributed by atoms with Gasteiger partial charge in [0, 0.05) is 10.6 Å². The van der Waals surface area contributed by atoms with Gasteiger partial charge in [0.05, 0.1) is 18.4 Å². The summed E-state index contributed by atoms with van der Waals surface area (Å²) in [5.74, 6) is 0.200. The Morgan fingerprint density at radius 3 is 2.66 bits per heavy atom. The maximum absolute atomic E-state index is 12.3. The highest BCUT2D eigenvalue weighted by molar-refractivity contribution is 6.30. The number of benzene rings is 2. The number of halogens is 1. The topological polar surface area (TPSA) is 90.7 Å². The van der Waals surface area contributed by atoms with E-state index in [0.717, 1.165) is 5.56 Å². The number of oxazole rings is 1. The average molecular weight is 415 g/mol. The summed E-state index contributed by atoms with van der Waals surface area (Å²) in [5.41, 5.74) is 1.15. The molecule has 0 aliphatic rings. The second kappa shape index (κ2) is 9.75. The van der Waals surface area contributed by atoms with Crippen molar-refractivity contribution in [1.82, 2.24) is 10.3 Å². The molecule has 1 N–H and O–H groups in total. The monoisotopic (exact) mass is 414 g/mol. The first-order valence-corrected chi connectivity index (χ1v) is 9.31. The highest BCUT2D eigenvalue weighted by Gasteiger charge is 2.14. The van der Waals surface area contributed by atoms with Crippen molar-refractivity contribution in [2.45, 2.75) is 13.5 Å². The molecule has 0 atom stereocenters. The zero-order valence-electron chi connectivity index (χ0n) is 15.7. The molecule has 0 saturated carbocycles. The fraction of sp³-hybridized carbons (Fsp3) is 0.190. The molecule has 1 aromatic heterocycles. The predicted octanol–water partition coefficient (Wildman–Crippen LogP) is 3.87. The summed E-state index contributed by atoms with van der Waals surface area (Å²) >= 11 is 5.86. The van der Waals surface area contributed by atoms with Crippen LogP contribution in [0, 0.1) is 0 Å². The summed E-state index contributed by atoms with van der Waals surface area (Å²) in [6.45, 7) is 1.83. The fourth-order valence-corrected chi connectivity index (χ4v) is 2.63. The van der Waals surface area contributed by atoms with E-state index in [4.69, 9.17) is 25.5 Å². The number of ether oxygens (including phenoxy) is 2. The molecule has 29 heavy (non-hydrogen) atoms. The van der Waals surface area contributed by atoms with E-state index in [1.165, 1.54) is 0 Å². The highest BCUT2D eigenvalue weighted by Crippen LogP contribution is 2.22. The smallest absolute Gasteiger partial charge is 0.325 e. The lowest BCUT2D eigenvalue weighted by atomic mass is 10.2. The number of nitrogens with one attached hydrogen (secondary N) is 1. The molecule has 3 rings (SSSR count). The van der Waals surface area contributed by atoms with Crippen LogP contribution in [0.15, 0.2) is 59.1 Å². The van der Waals surface area contributed by atoms with E-state index in [1.807, 2.05) is 6.92 Å². The Morgan fingerprint density at radius 2 is 1.90 bits per heavy atom. The van der Waals surface area contributed by atoms with Gasteiger partial charge in [0.2, 0.25) is 5.89 Å². The molecule has 0 saturated heterocycles. The van der Waals surface area contributed by atoms with Crippen LogP contribution >= 0.6 is 11.6 Å². The van der Waals surface area contributed by atoms with Crippen LogP contribution in [0.2, 0.25) is 5.02 Å². The van der Waals surface area contributed by atoms with Gasteiger partial charge >= 0.3 is 5.97 Å². The van der Waals surface area contributed by atoms with E-state index in [9.17, 15) is 9.59 Å². The molecule has 0 radical (unpaired) electrons. The first-order valence-electron chi connectivity index (χ1n) is 8.93. The van der Waals surface area contributed by atoms with Gasteiger partial charge in [-0.15, -0.1) is 0 Å². The van der Waals surface area contributed by atoms with Crippen LogP contribution in [0.5, 0.6) is 5.75 Å². The van der Waals surface area contributed by atoms with E-state index in [2.05, 4.69) is 10.3 Å². The minimum atomic E-state index is -0.613. The van der Waals surface area contributed by atoms with Gasteiger partial charge in [-0.05, 0) is 43.3 Å². The lowest BCUT2D eigenvalue weighted by molar-refractivity contribution is -0.144. The maximum Gasteiger partial charge on any atom is 0.325 e. The molecule has 0 aliphatic carbocycles. The molecule has 1 amide bonds. The molecule has 7 nitrogen and oxygen atoms in total. The van der Waals surface area contributed by atoms with Gasteiger partial charge in [-0.1, -0.05) is 23.7 Å². The molecule has 0 bridgehead atoms. The number of hydrogen-bond acceptors (Lipinski definition) is 6. The third-order valence-electron chi connectivity index (χ3n) is 3.86. The van der Waals surface area contributed by atoms with Gasteiger partial charge in [0.25, 0.3) is 5.91 Å². The van der Waals surface area contributed by atoms with Crippen molar-refractivity contribution in [3.05, 3.63) is 71.2 Å². The molecular formula is C21H19ClN2O5. The minimum Gasteiger partial charge on any atom is -0.493 e. The summed E-state index contributed by atoms with van der Waals surface area (Å²) in [5, 5.41) is 3.13. The molecule has 1 heterocycles. The molecule has 8 heteroatoms. The van der Waals surface area contributed by atoms with E-state index < -0.39 is 11.9 Å². The number of esters is 1. The van der Waals surface area contributed by atoms with E-state index in [1.54, 1.807) is 54.7 Å². The molecule has 0 fully saturated rings. The largest absolute Gasteiger partial charge is 0.493 e. The zero-order valence-corrected chi connectivity index (χ0v) is 16.4. The van der Waals surface area contributed by atoms with Crippen molar-refractivity contribution in [2.75, 3.05) is 13.2 Å². The molecule has 0 spiro atoms. The molecule has 0 unspecified atom stereocenters. The number of para-hydroxylation sites is 1. The van der Waals surface area contributed by atoms with Crippen LogP contribution in [0.1, 0.15) is 23.2 Å². The number of aromatic nitrogens is 1. The second-order valence-corrected chi connectivity index (χ2v) is 6.33. The van der Waals surface area contributed by atoms with Crippen LogP contribution in [0.3, 0.4) is 0 Å². The zero-order chi connectivity index (χ0) is 20.6. The minimum absolute atomic E-state index is 0.141. The third kappa shape index (κ3) is 5.58. The van der Waals surface area contributed by atoms with Crippen LogP contribution in [0.4, 0.5) is 0 Å². The van der Waals surface area contributed by atoms with Gasteiger partial charge in [-0.2, -0.15) is 0 Å².